The molecule has 0 bridgehead atoms. The molecule has 0 spiro atoms. The van der Waals surface area contributed by atoms with Crippen LogP contribution in [-0.4, -0.2) is 65.4 Å². The number of nitrogens with one attached hydrogen (secondary N) is 2. The van der Waals surface area contributed by atoms with Gasteiger partial charge in [-0.3, -0.25) is 19.8 Å². The molecule has 1 saturated carbocycles. The number of piperazine rings is 1. The highest BCUT2D eigenvalue weighted by molar-refractivity contribution is 6.04. The normalized spacial score (nSPS) is 28.2. The van der Waals surface area contributed by atoms with E-state index in [0.717, 1.165) is 12.8 Å². The number of carbonyl (C=O) groups is 3. The number of carbonyl (C=O) groups excluding carboxylic acids is 3. The molecule has 0 aromatic heterocycles. The van der Waals surface area contributed by atoms with Gasteiger partial charge in [0.25, 0.3) is 5.91 Å². The quantitative estimate of drug-likeness (QED) is 0.722. The van der Waals surface area contributed by atoms with Gasteiger partial charge in [-0.15, -0.1) is 0 Å². The standard InChI is InChI=1S/C15H24N4O3/c1-10(13(20)16-11-5-3-2-4-6-11)18-7-8-19-12(9-18)14(21)17-15(19)22/h10-12H,2-9H2,1H3,(H,16,20)(H,17,21,22)/t10-,12+/m0/s1. The van der Waals surface area contributed by atoms with Crippen LogP contribution < -0.4 is 10.6 Å². The molecule has 3 rings (SSSR count). The van der Waals surface area contributed by atoms with Gasteiger partial charge in [-0.2, -0.15) is 0 Å². The summed E-state index contributed by atoms with van der Waals surface area (Å²) < 4.78 is 0. The smallest absolute Gasteiger partial charge is 0.324 e. The molecule has 2 aliphatic heterocycles. The Labute approximate surface area is 130 Å². The predicted molar refractivity (Wildman–Crippen MR) is 80.1 cm³/mol. The first kappa shape index (κ1) is 15.3. The van der Waals surface area contributed by atoms with E-state index >= 15 is 0 Å². The van der Waals surface area contributed by atoms with Gasteiger partial charge in [-0.1, -0.05) is 19.3 Å². The van der Waals surface area contributed by atoms with Crippen molar-refractivity contribution in [1.82, 2.24) is 20.4 Å². The van der Waals surface area contributed by atoms with E-state index in [9.17, 15) is 14.4 Å². The number of imide groups is 1. The van der Waals surface area contributed by atoms with Crippen molar-refractivity contribution in [3.63, 3.8) is 0 Å². The van der Waals surface area contributed by atoms with Crippen LogP contribution in [0.1, 0.15) is 39.0 Å². The zero-order valence-electron chi connectivity index (χ0n) is 13.0. The zero-order valence-corrected chi connectivity index (χ0v) is 13.0. The molecule has 4 amide bonds. The Bertz CT molecular complexity index is 475. The first-order valence-corrected chi connectivity index (χ1v) is 8.22. The fraction of sp³-hybridized carbons (Fsp3) is 0.800. The van der Waals surface area contributed by atoms with Gasteiger partial charge in [0.05, 0.1) is 6.04 Å². The number of fused-ring (bicyclic) bond motifs is 1. The van der Waals surface area contributed by atoms with Crippen molar-refractivity contribution in [2.24, 2.45) is 0 Å². The van der Waals surface area contributed by atoms with Crippen molar-refractivity contribution in [2.75, 3.05) is 19.6 Å². The van der Waals surface area contributed by atoms with E-state index < -0.39 is 6.04 Å². The molecule has 3 aliphatic rings. The molecule has 3 fully saturated rings. The van der Waals surface area contributed by atoms with E-state index in [1.54, 1.807) is 4.90 Å². The van der Waals surface area contributed by atoms with Gasteiger partial charge in [0, 0.05) is 25.7 Å². The third-order valence-electron chi connectivity index (χ3n) is 5.08. The van der Waals surface area contributed by atoms with Gasteiger partial charge < -0.3 is 10.2 Å². The first-order chi connectivity index (χ1) is 10.6. The highest BCUT2D eigenvalue weighted by atomic mass is 16.2. The molecule has 122 valence electrons. The molecule has 1 aliphatic carbocycles. The fourth-order valence-electron chi connectivity index (χ4n) is 3.62. The highest BCUT2D eigenvalue weighted by Crippen LogP contribution is 2.19. The zero-order chi connectivity index (χ0) is 15.7. The lowest BCUT2D eigenvalue weighted by atomic mass is 9.95. The van der Waals surface area contributed by atoms with Gasteiger partial charge in [-0.05, 0) is 19.8 Å². The average Bonchev–Trinajstić information content (AvgIpc) is 2.82. The first-order valence-electron chi connectivity index (χ1n) is 8.22. The number of amides is 4. The Morgan fingerprint density at radius 1 is 1.23 bits per heavy atom. The van der Waals surface area contributed by atoms with Crippen molar-refractivity contribution in [2.45, 2.75) is 57.2 Å². The molecule has 7 nitrogen and oxygen atoms in total. The van der Waals surface area contributed by atoms with Crippen LogP contribution in [0.3, 0.4) is 0 Å². The fourth-order valence-corrected chi connectivity index (χ4v) is 3.62. The number of urea groups is 1. The summed E-state index contributed by atoms with van der Waals surface area (Å²) in [5, 5.41) is 5.47. The van der Waals surface area contributed by atoms with E-state index in [1.807, 2.05) is 11.8 Å². The average molecular weight is 308 g/mol. The summed E-state index contributed by atoms with van der Waals surface area (Å²) in [5.74, 6) is -0.223. The number of hydrogen-bond acceptors (Lipinski definition) is 4. The summed E-state index contributed by atoms with van der Waals surface area (Å²) in [6.45, 7) is 3.42. The lowest BCUT2D eigenvalue weighted by Crippen LogP contribution is -2.58. The molecule has 22 heavy (non-hydrogen) atoms. The van der Waals surface area contributed by atoms with E-state index in [1.165, 1.54) is 19.3 Å². The molecule has 2 saturated heterocycles. The molecule has 0 radical (unpaired) electrons. The van der Waals surface area contributed by atoms with Crippen molar-refractivity contribution >= 4 is 17.8 Å². The second-order valence-electron chi connectivity index (χ2n) is 6.52. The Balaban J connectivity index is 1.56. The van der Waals surface area contributed by atoms with Gasteiger partial charge in [0.2, 0.25) is 5.91 Å². The van der Waals surface area contributed by atoms with Crippen molar-refractivity contribution in [3.05, 3.63) is 0 Å². The van der Waals surface area contributed by atoms with Crippen molar-refractivity contribution in [3.8, 4) is 0 Å². The van der Waals surface area contributed by atoms with Crippen LogP contribution >= 0.6 is 0 Å². The van der Waals surface area contributed by atoms with Gasteiger partial charge in [0.1, 0.15) is 6.04 Å². The number of nitrogens with zero attached hydrogens (tertiary/aromatic N) is 2. The van der Waals surface area contributed by atoms with Crippen LogP contribution in [0.15, 0.2) is 0 Å². The minimum Gasteiger partial charge on any atom is -0.352 e. The summed E-state index contributed by atoms with van der Waals surface area (Å²) in [6.07, 6.45) is 5.75. The van der Waals surface area contributed by atoms with Gasteiger partial charge >= 0.3 is 6.03 Å². The molecule has 0 aromatic carbocycles. The number of hydrogen-bond donors (Lipinski definition) is 2. The third-order valence-corrected chi connectivity index (χ3v) is 5.08. The minimum atomic E-state index is -0.453. The predicted octanol–water partition coefficient (Wildman–Crippen LogP) is 0.0598. The van der Waals surface area contributed by atoms with Crippen LogP contribution in [0, 0.1) is 0 Å². The second kappa shape index (κ2) is 6.24. The minimum absolute atomic E-state index is 0.0325. The maximum atomic E-state index is 12.4. The second-order valence-corrected chi connectivity index (χ2v) is 6.52. The van der Waals surface area contributed by atoms with E-state index in [0.29, 0.717) is 25.7 Å². The molecule has 0 aromatic rings. The molecular weight excluding hydrogens is 284 g/mol. The van der Waals surface area contributed by atoms with Crippen LogP contribution in [-0.2, 0) is 9.59 Å². The highest BCUT2D eigenvalue weighted by Gasteiger charge is 2.43. The molecule has 2 atom stereocenters. The van der Waals surface area contributed by atoms with E-state index in [2.05, 4.69) is 10.6 Å². The Morgan fingerprint density at radius 2 is 1.95 bits per heavy atom. The lowest BCUT2D eigenvalue weighted by Gasteiger charge is -2.38. The molecule has 2 heterocycles. The SMILES string of the molecule is C[C@@H](C(=O)NC1CCCCC1)N1CCN2C(=O)NC(=O)[C@H]2C1. The molecular formula is C15H24N4O3. The summed E-state index contributed by atoms with van der Waals surface area (Å²) in [6, 6.07) is -0.742. The maximum Gasteiger partial charge on any atom is 0.324 e. The number of rotatable bonds is 3. The molecule has 0 unspecified atom stereocenters. The topological polar surface area (TPSA) is 81.8 Å². The summed E-state index contributed by atoms with van der Waals surface area (Å²) in [4.78, 5) is 39.3. The summed E-state index contributed by atoms with van der Waals surface area (Å²) in [7, 11) is 0. The van der Waals surface area contributed by atoms with Crippen LogP contribution in [0.25, 0.3) is 0 Å². The molecule has 2 N–H and O–H groups in total. The Hall–Kier alpha value is -1.63. The largest absolute Gasteiger partial charge is 0.352 e. The lowest BCUT2D eigenvalue weighted by molar-refractivity contribution is -0.130. The van der Waals surface area contributed by atoms with Crippen molar-refractivity contribution < 1.29 is 14.4 Å². The Morgan fingerprint density at radius 3 is 2.68 bits per heavy atom. The Kier molecular flexibility index (Phi) is 4.33. The maximum absolute atomic E-state index is 12.4. The van der Waals surface area contributed by atoms with Crippen molar-refractivity contribution in [1.29, 1.82) is 0 Å². The van der Waals surface area contributed by atoms with E-state index in [-0.39, 0.29) is 23.9 Å². The van der Waals surface area contributed by atoms with Crippen LogP contribution in [0.4, 0.5) is 4.79 Å². The third kappa shape index (κ3) is 2.95. The van der Waals surface area contributed by atoms with Crippen LogP contribution in [0.2, 0.25) is 0 Å². The van der Waals surface area contributed by atoms with Gasteiger partial charge in [-0.25, -0.2) is 4.79 Å². The van der Waals surface area contributed by atoms with Crippen LogP contribution in [0.5, 0.6) is 0 Å². The monoisotopic (exact) mass is 308 g/mol. The van der Waals surface area contributed by atoms with E-state index in [4.69, 9.17) is 0 Å². The van der Waals surface area contributed by atoms with Gasteiger partial charge in [0.15, 0.2) is 0 Å². The molecule has 7 heteroatoms. The summed E-state index contributed by atoms with van der Waals surface area (Å²) in [5.41, 5.74) is 0. The summed E-state index contributed by atoms with van der Waals surface area (Å²) >= 11 is 0.